The number of nitrogens with one attached hydrogen (secondary N) is 1. The first kappa shape index (κ1) is 5.38. The Labute approximate surface area is 48.9 Å². The van der Waals surface area contributed by atoms with Gasteiger partial charge in [-0.2, -0.15) is 0 Å². The van der Waals surface area contributed by atoms with Crippen LogP contribution in [0.1, 0.15) is 5.69 Å². The fourth-order valence-electron chi connectivity index (χ4n) is 0.636. The van der Waals surface area contributed by atoms with Crippen LogP contribution >= 0.6 is 0 Å². The van der Waals surface area contributed by atoms with Gasteiger partial charge in [0.05, 0.1) is 6.54 Å². The Balaban J connectivity index is 2.50. The molecule has 0 atom stereocenters. The van der Waals surface area contributed by atoms with Crippen molar-refractivity contribution in [3.63, 3.8) is 0 Å². The molecular formula is C6H9N2. The van der Waals surface area contributed by atoms with E-state index in [1.54, 1.807) is 7.05 Å². The molecule has 0 saturated heterocycles. The van der Waals surface area contributed by atoms with Gasteiger partial charge in [0.2, 0.25) is 0 Å². The zero-order valence-electron chi connectivity index (χ0n) is 4.89. The highest BCUT2D eigenvalue weighted by Crippen LogP contribution is 1.91. The summed E-state index contributed by atoms with van der Waals surface area (Å²) in [4.78, 5) is 3.04. The Hall–Kier alpha value is -0.760. The van der Waals surface area contributed by atoms with Gasteiger partial charge < -0.3 is 4.98 Å². The van der Waals surface area contributed by atoms with Crippen molar-refractivity contribution in [3.05, 3.63) is 24.0 Å². The minimum absolute atomic E-state index is 0.799. The van der Waals surface area contributed by atoms with Gasteiger partial charge in [-0.25, -0.2) is 5.32 Å². The molecule has 1 heterocycles. The van der Waals surface area contributed by atoms with Gasteiger partial charge in [-0.1, -0.05) is 0 Å². The molecule has 1 aromatic heterocycles. The zero-order chi connectivity index (χ0) is 5.82. The molecule has 43 valence electrons. The summed E-state index contributed by atoms with van der Waals surface area (Å²) in [5.41, 5.74) is 1.17. The maximum absolute atomic E-state index is 3.95. The van der Waals surface area contributed by atoms with Crippen molar-refractivity contribution >= 4 is 0 Å². The molecule has 1 rings (SSSR count). The maximum Gasteiger partial charge on any atom is 0.0532 e. The third-order valence-electron chi connectivity index (χ3n) is 0.991. The van der Waals surface area contributed by atoms with Gasteiger partial charge in [-0.3, -0.25) is 0 Å². The Morgan fingerprint density at radius 2 is 2.62 bits per heavy atom. The molecular weight excluding hydrogens is 100 g/mol. The Kier molecular flexibility index (Phi) is 1.70. The lowest BCUT2D eigenvalue weighted by atomic mass is 10.4. The molecule has 2 nitrogen and oxygen atoms in total. The predicted molar refractivity (Wildman–Crippen MR) is 32.6 cm³/mol. The highest BCUT2D eigenvalue weighted by atomic mass is 14.8. The van der Waals surface area contributed by atoms with E-state index in [4.69, 9.17) is 0 Å². The third kappa shape index (κ3) is 1.10. The normalized spacial score (nSPS) is 9.62. The van der Waals surface area contributed by atoms with Crippen molar-refractivity contribution in [2.24, 2.45) is 0 Å². The van der Waals surface area contributed by atoms with Crippen molar-refractivity contribution in [2.75, 3.05) is 7.05 Å². The number of aromatic nitrogens is 1. The van der Waals surface area contributed by atoms with Crippen LogP contribution < -0.4 is 5.32 Å². The summed E-state index contributed by atoms with van der Waals surface area (Å²) in [5.74, 6) is 0. The van der Waals surface area contributed by atoms with Gasteiger partial charge in [0.15, 0.2) is 0 Å². The molecule has 0 saturated carbocycles. The molecule has 0 aliphatic rings. The molecule has 8 heavy (non-hydrogen) atoms. The lowest BCUT2D eigenvalue weighted by molar-refractivity contribution is 0.781. The molecule has 0 aliphatic heterocycles. The van der Waals surface area contributed by atoms with Crippen LogP contribution in [0.2, 0.25) is 0 Å². The van der Waals surface area contributed by atoms with Gasteiger partial charge in [0.25, 0.3) is 0 Å². The maximum atomic E-state index is 3.95. The van der Waals surface area contributed by atoms with E-state index in [0.29, 0.717) is 0 Å². The largest absolute Gasteiger partial charge is 0.364 e. The molecule has 1 N–H and O–H groups in total. The molecule has 0 aliphatic carbocycles. The standard InChI is InChI=1S/C6H9N2/c1-7-5-6-3-2-4-8-6/h2-4,8H,5H2,1H3. The second-order valence-electron chi connectivity index (χ2n) is 1.67. The molecule has 0 spiro atoms. The topological polar surface area (TPSA) is 29.9 Å². The Morgan fingerprint density at radius 1 is 1.75 bits per heavy atom. The molecule has 0 aromatic carbocycles. The SMILES string of the molecule is C[N]Cc1ccc[nH]1. The van der Waals surface area contributed by atoms with Crippen LogP contribution in [-0.4, -0.2) is 12.0 Å². The Morgan fingerprint density at radius 3 is 3.12 bits per heavy atom. The van der Waals surface area contributed by atoms with Crippen LogP contribution in [0.4, 0.5) is 0 Å². The van der Waals surface area contributed by atoms with Crippen molar-refractivity contribution in [1.29, 1.82) is 0 Å². The quantitative estimate of drug-likeness (QED) is 0.581. The minimum Gasteiger partial charge on any atom is -0.364 e. The van der Waals surface area contributed by atoms with Crippen molar-refractivity contribution in [1.82, 2.24) is 10.3 Å². The fourth-order valence-corrected chi connectivity index (χ4v) is 0.636. The number of hydrogen-bond acceptors (Lipinski definition) is 0. The molecule has 0 bridgehead atoms. The first-order valence-corrected chi connectivity index (χ1v) is 2.61. The second kappa shape index (κ2) is 2.52. The fraction of sp³-hybridized carbons (Fsp3) is 0.333. The summed E-state index contributed by atoms with van der Waals surface area (Å²) in [6, 6.07) is 3.99. The summed E-state index contributed by atoms with van der Waals surface area (Å²) >= 11 is 0. The van der Waals surface area contributed by atoms with E-state index in [-0.39, 0.29) is 0 Å². The molecule has 0 amide bonds. The number of hydrogen-bond donors (Lipinski definition) is 1. The monoisotopic (exact) mass is 109 g/mol. The van der Waals surface area contributed by atoms with E-state index in [2.05, 4.69) is 10.3 Å². The van der Waals surface area contributed by atoms with Crippen molar-refractivity contribution in [2.45, 2.75) is 6.54 Å². The number of rotatable bonds is 2. The van der Waals surface area contributed by atoms with Gasteiger partial charge in [-0.05, 0) is 12.1 Å². The van der Waals surface area contributed by atoms with Gasteiger partial charge in [0, 0.05) is 18.9 Å². The smallest absolute Gasteiger partial charge is 0.0532 e. The average molecular weight is 109 g/mol. The van der Waals surface area contributed by atoms with Crippen LogP contribution in [0, 0.1) is 0 Å². The van der Waals surface area contributed by atoms with E-state index in [0.717, 1.165) is 6.54 Å². The van der Waals surface area contributed by atoms with E-state index in [1.165, 1.54) is 5.69 Å². The van der Waals surface area contributed by atoms with Crippen LogP contribution in [0.15, 0.2) is 18.3 Å². The first-order chi connectivity index (χ1) is 3.93. The molecule has 1 aromatic rings. The molecule has 0 fully saturated rings. The summed E-state index contributed by atoms with van der Waals surface area (Å²) in [5, 5.41) is 3.95. The summed E-state index contributed by atoms with van der Waals surface area (Å²) < 4.78 is 0. The van der Waals surface area contributed by atoms with E-state index >= 15 is 0 Å². The van der Waals surface area contributed by atoms with Gasteiger partial charge >= 0.3 is 0 Å². The van der Waals surface area contributed by atoms with Crippen molar-refractivity contribution in [3.8, 4) is 0 Å². The van der Waals surface area contributed by atoms with Crippen molar-refractivity contribution < 1.29 is 0 Å². The lowest BCUT2D eigenvalue weighted by Gasteiger charge is -1.88. The van der Waals surface area contributed by atoms with Crippen LogP contribution in [0.3, 0.4) is 0 Å². The highest BCUT2D eigenvalue weighted by molar-refractivity contribution is 5.02. The van der Waals surface area contributed by atoms with Gasteiger partial charge in [0.1, 0.15) is 0 Å². The predicted octanol–water partition coefficient (Wildman–Crippen LogP) is 0.749. The Bertz CT molecular complexity index is 132. The molecule has 2 heteroatoms. The van der Waals surface area contributed by atoms with Gasteiger partial charge in [-0.15, -0.1) is 0 Å². The summed E-state index contributed by atoms with van der Waals surface area (Å²) in [6.07, 6.45) is 1.90. The van der Waals surface area contributed by atoms with E-state index < -0.39 is 0 Å². The van der Waals surface area contributed by atoms with Crippen LogP contribution in [-0.2, 0) is 6.54 Å². The lowest BCUT2D eigenvalue weighted by Crippen LogP contribution is -1.95. The summed E-state index contributed by atoms with van der Waals surface area (Å²) in [6.45, 7) is 0.799. The second-order valence-corrected chi connectivity index (χ2v) is 1.67. The molecule has 0 unspecified atom stereocenters. The average Bonchev–Trinajstić information content (AvgIpc) is 2.19. The first-order valence-electron chi connectivity index (χ1n) is 2.61. The number of aromatic amines is 1. The number of H-pyrrole nitrogens is 1. The highest BCUT2D eigenvalue weighted by Gasteiger charge is 1.85. The van der Waals surface area contributed by atoms with Crippen LogP contribution in [0.5, 0.6) is 0 Å². The molecule has 1 radical (unpaired) electrons. The third-order valence-corrected chi connectivity index (χ3v) is 0.991. The van der Waals surface area contributed by atoms with E-state index in [9.17, 15) is 0 Å². The van der Waals surface area contributed by atoms with Crippen LogP contribution in [0.25, 0.3) is 0 Å². The van der Waals surface area contributed by atoms with E-state index in [1.807, 2.05) is 18.3 Å². The summed E-state index contributed by atoms with van der Waals surface area (Å²) in [7, 11) is 1.81. The minimum atomic E-state index is 0.799. The zero-order valence-corrected chi connectivity index (χ0v) is 4.89. The number of nitrogens with zero attached hydrogens (tertiary/aromatic N) is 1.